The highest BCUT2D eigenvalue weighted by molar-refractivity contribution is 6.76. The molecule has 234 valence electrons. The molecule has 1 fully saturated rings. The van der Waals surface area contributed by atoms with Gasteiger partial charge in [-0.15, -0.1) is 0 Å². The first-order chi connectivity index (χ1) is 20.4. The molecule has 0 bridgehead atoms. The third-order valence-corrected chi connectivity index (χ3v) is 11.3. The van der Waals surface area contributed by atoms with Crippen LogP contribution < -0.4 is 4.74 Å². The summed E-state index contributed by atoms with van der Waals surface area (Å²) in [7, 11) is -2.44. The third kappa shape index (κ3) is 10.4. The Kier molecular flexibility index (Phi) is 11.4. The number of hydrogen-bond acceptors (Lipinski definition) is 5. The van der Waals surface area contributed by atoms with Crippen molar-refractivity contribution in [3.63, 3.8) is 0 Å². The molecule has 0 N–H and O–H groups in total. The Morgan fingerprint density at radius 1 is 0.930 bits per heavy atom. The van der Waals surface area contributed by atoms with Crippen LogP contribution in [0.3, 0.4) is 0 Å². The maximum atomic E-state index is 13.7. The number of piperidine rings is 1. The second-order valence-electron chi connectivity index (χ2n) is 14.0. The van der Waals surface area contributed by atoms with Crippen molar-refractivity contribution < 1.29 is 28.1 Å². The van der Waals surface area contributed by atoms with Crippen molar-refractivity contribution in [1.29, 1.82) is 0 Å². The van der Waals surface area contributed by atoms with Gasteiger partial charge < -0.3 is 23.8 Å². The number of hydrogen-bond donors (Lipinski definition) is 0. The van der Waals surface area contributed by atoms with E-state index >= 15 is 0 Å². The van der Waals surface area contributed by atoms with Crippen molar-refractivity contribution in [3.8, 4) is 5.75 Å². The second-order valence-corrected chi connectivity index (χ2v) is 25.2. The molecule has 0 spiro atoms. The topological polar surface area (TPSA) is 57.2 Å². The Bertz CT molecular complexity index is 1340. The van der Waals surface area contributed by atoms with Crippen molar-refractivity contribution in [2.24, 2.45) is 0 Å². The number of rotatable bonds is 13. The Hall–Kier alpha value is -2.73. The van der Waals surface area contributed by atoms with Crippen LogP contribution >= 0.6 is 0 Å². The van der Waals surface area contributed by atoms with Gasteiger partial charge in [-0.3, -0.25) is 0 Å². The minimum absolute atomic E-state index is 0.0491. The molecule has 2 atom stereocenters. The van der Waals surface area contributed by atoms with Crippen LogP contribution in [0.15, 0.2) is 60.7 Å². The molecule has 3 aromatic carbocycles. The Balaban J connectivity index is 1.41. The second kappa shape index (κ2) is 14.8. The number of amides is 1. The van der Waals surface area contributed by atoms with E-state index in [9.17, 15) is 9.18 Å². The zero-order chi connectivity index (χ0) is 31.0. The minimum atomic E-state index is -1.30. The monoisotopic (exact) mass is 625 g/mol. The van der Waals surface area contributed by atoms with Crippen LogP contribution in [-0.2, 0) is 20.8 Å². The molecule has 9 heteroatoms. The normalized spacial score (nSPS) is 17.7. The van der Waals surface area contributed by atoms with Crippen molar-refractivity contribution in [1.82, 2.24) is 4.90 Å². The summed E-state index contributed by atoms with van der Waals surface area (Å²) in [6, 6.07) is 20.9. The highest BCUT2D eigenvalue weighted by atomic mass is 28.3. The lowest BCUT2D eigenvalue weighted by Crippen LogP contribution is -2.47. The van der Waals surface area contributed by atoms with E-state index in [2.05, 4.69) is 63.5 Å². The molecule has 3 aromatic rings. The number of ether oxygens (including phenoxy) is 4. The standard InChI is InChI=1S/C34H48FNO5Si2/c1-42(2,3)20-18-38-25-41-32-9-7-8-28-22-26(10-15-30(28)32)24-40-33-23-36(34(37)39-19-21-43(4,5)6)17-16-31(33)27-11-13-29(35)14-12-27/h7-15,22,31,33H,16-21,23-25H2,1-6H3. The van der Waals surface area contributed by atoms with E-state index in [-0.39, 0.29) is 30.7 Å². The molecule has 43 heavy (non-hydrogen) atoms. The summed E-state index contributed by atoms with van der Waals surface area (Å²) in [5, 5.41) is 2.08. The summed E-state index contributed by atoms with van der Waals surface area (Å²) in [4.78, 5) is 14.7. The lowest BCUT2D eigenvalue weighted by molar-refractivity contribution is -0.0233. The van der Waals surface area contributed by atoms with E-state index in [1.54, 1.807) is 4.90 Å². The first-order valence-corrected chi connectivity index (χ1v) is 22.8. The molecule has 6 nitrogen and oxygen atoms in total. The zero-order valence-corrected chi connectivity index (χ0v) is 28.7. The van der Waals surface area contributed by atoms with Gasteiger partial charge in [0.2, 0.25) is 0 Å². The summed E-state index contributed by atoms with van der Waals surface area (Å²) in [5.74, 6) is 0.584. The quantitative estimate of drug-likeness (QED) is 0.108. The predicted molar refractivity (Wildman–Crippen MR) is 177 cm³/mol. The fourth-order valence-corrected chi connectivity index (χ4v) is 6.61. The average Bonchev–Trinajstić information content (AvgIpc) is 2.95. The van der Waals surface area contributed by atoms with E-state index in [4.69, 9.17) is 18.9 Å². The Labute approximate surface area is 258 Å². The van der Waals surface area contributed by atoms with Gasteiger partial charge in [-0.05, 0) is 59.3 Å². The number of benzene rings is 3. The summed E-state index contributed by atoms with van der Waals surface area (Å²) in [6.45, 7) is 16.6. The number of likely N-dealkylation sites (tertiary alicyclic amines) is 1. The maximum Gasteiger partial charge on any atom is 0.409 e. The fourth-order valence-electron chi connectivity index (χ4n) is 5.14. The average molecular weight is 626 g/mol. The molecule has 4 rings (SSSR count). The highest BCUT2D eigenvalue weighted by Crippen LogP contribution is 2.32. The van der Waals surface area contributed by atoms with E-state index in [1.165, 1.54) is 12.1 Å². The molecule has 0 radical (unpaired) electrons. The zero-order valence-electron chi connectivity index (χ0n) is 26.7. The lowest BCUT2D eigenvalue weighted by Gasteiger charge is -2.38. The van der Waals surface area contributed by atoms with Crippen molar-refractivity contribution >= 4 is 33.0 Å². The molecule has 0 saturated carbocycles. The van der Waals surface area contributed by atoms with Gasteiger partial charge in [0.25, 0.3) is 0 Å². The predicted octanol–water partition coefficient (Wildman–Crippen LogP) is 8.52. The lowest BCUT2D eigenvalue weighted by atomic mass is 9.87. The van der Waals surface area contributed by atoms with E-state index in [1.807, 2.05) is 24.3 Å². The number of halogens is 1. The molecule has 1 saturated heterocycles. The summed E-state index contributed by atoms with van der Waals surface area (Å²) >= 11 is 0. The molecule has 0 aliphatic carbocycles. The van der Waals surface area contributed by atoms with Gasteiger partial charge in [-0.25, -0.2) is 9.18 Å². The van der Waals surface area contributed by atoms with Gasteiger partial charge >= 0.3 is 6.09 Å². The SMILES string of the molecule is C[Si](C)(C)CCOCOc1cccc2cc(COC3CN(C(=O)OCC[Si](C)(C)C)CCC3c3ccc(F)cc3)ccc12. The van der Waals surface area contributed by atoms with Crippen LogP contribution in [0.2, 0.25) is 51.4 Å². The summed E-state index contributed by atoms with van der Waals surface area (Å²) in [6.07, 6.45) is 0.187. The van der Waals surface area contributed by atoms with Gasteiger partial charge in [-0.1, -0.05) is 75.7 Å². The van der Waals surface area contributed by atoms with Crippen molar-refractivity contribution in [3.05, 3.63) is 77.6 Å². The smallest absolute Gasteiger partial charge is 0.409 e. The molecule has 1 aliphatic rings. The highest BCUT2D eigenvalue weighted by Gasteiger charge is 2.34. The van der Waals surface area contributed by atoms with Crippen LogP contribution in [-0.4, -0.2) is 66.3 Å². The molecule has 1 aliphatic heterocycles. The molecule has 0 aromatic heterocycles. The van der Waals surface area contributed by atoms with Crippen molar-refractivity contribution in [2.75, 3.05) is 33.1 Å². The number of nitrogens with zero attached hydrogens (tertiary/aromatic N) is 1. The van der Waals surface area contributed by atoms with Gasteiger partial charge in [0, 0.05) is 40.6 Å². The van der Waals surface area contributed by atoms with E-state index < -0.39 is 16.1 Å². The van der Waals surface area contributed by atoms with Crippen LogP contribution in [0.5, 0.6) is 5.75 Å². The molecular formula is C34H48FNO5Si2. The summed E-state index contributed by atoms with van der Waals surface area (Å²) < 4.78 is 37.6. The van der Waals surface area contributed by atoms with Crippen LogP contribution in [0, 0.1) is 5.82 Å². The first-order valence-electron chi connectivity index (χ1n) is 15.4. The van der Waals surface area contributed by atoms with Crippen LogP contribution in [0.25, 0.3) is 10.8 Å². The van der Waals surface area contributed by atoms with Gasteiger partial charge in [0.1, 0.15) is 11.6 Å². The first kappa shape index (κ1) is 33.2. The summed E-state index contributed by atoms with van der Waals surface area (Å²) in [5.41, 5.74) is 2.05. The van der Waals surface area contributed by atoms with Crippen molar-refractivity contribution in [2.45, 2.75) is 76.4 Å². The number of carbonyl (C=O) groups excluding carboxylic acids is 1. The van der Waals surface area contributed by atoms with Crippen LogP contribution in [0.4, 0.5) is 9.18 Å². The van der Waals surface area contributed by atoms with E-state index in [0.29, 0.717) is 26.3 Å². The van der Waals surface area contributed by atoms with E-state index in [0.717, 1.165) is 52.8 Å². The van der Waals surface area contributed by atoms with Gasteiger partial charge in [0.05, 0.1) is 25.9 Å². The number of fused-ring (bicyclic) bond motifs is 1. The van der Waals surface area contributed by atoms with Crippen LogP contribution in [0.1, 0.15) is 23.5 Å². The fraction of sp³-hybridized carbons (Fsp3) is 0.500. The van der Waals surface area contributed by atoms with Gasteiger partial charge in [-0.2, -0.15) is 0 Å². The Morgan fingerprint density at radius 2 is 1.65 bits per heavy atom. The largest absolute Gasteiger partial charge is 0.467 e. The maximum absolute atomic E-state index is 13.7. The molecule has 1 amide bonds. The number of carbonyl (C=O) groups is 1. The Morgan fingerprint density at radius 3 is 2.37 bits per heavy atom. The molecule has 1 heterocycles. The molecular weight excluding hydrogens is 578 g/mol. The third-order valence-electron chi connectivity index (χ3n) is 7.86. The molecule has 2 unspecified atom stereocenters. The minimum Gasteiger partial charge on any atom is -0.467 e. The van der Waals surface area contributed by atoms with Gasteiger partial charge in [0.15, 0.2) is 6.79 Å².